The summed E-state index contributed by atoms with van der Waals surface area (Å²) in [6.45, 7) is 2.00. The molecule has 0 saturated heterocycles. The second kappa shape index (κ2) is 2.02. The Hall–Kier alpha value is -0.440. The monoisotopic (exact) mass is 114 g/mol. The molecule has 0 aromatic carbocycles. The summed E-state index contributed by atoms with van der Waals surface area (Å²) in [5.74, 6) is 0. The van der Waals surface area contributed by atoms with E-state index in [2.05, 4.69) is 9.12 Å². The number of hydrogen-bond acceptors (Lipinski definition) is 3. The van der Waals surface area contributed by atoms with E-state index in [4.69, 9.17) is 0 Å². The second-order valence-electron chi connectivity index (χ2n) is 1.30. The average Bonchev–Trinajstić information content (AvgIpc) is 1.69. The van der Waals surface area contributed by atoms with E-state index in [-0.39, 0.29) is 0 Å². The topological polar surface area (TPSA) is 24.4 Å². The van der Waals surface area contributed by atoms with Crippen molar-refractivity contribution in [2.24, 2.45) is 4.40 Å². The molecule has 0 aliphatic carbocycles. The van der Waals surface area contributed by atoms with Gasteiger partial charge >= 0.3 is 0 Å². The molecule has 38 valence electrons. The van der Waals surface area contributed by atoms with Crippen LogP contribution in [-0.4, -0.2) is 6.21 Å². The zero-order valence-corrected chi connectivity index (χ0v) is 4.83. The predicted octanol–water partition coefficient (Wildman–Crippen LogP) is 1.13. The average molecular weight is 114 g/mol. The highest BCUT2D eigenvalue weighted by Crippen LogP contribution is 2.02. The molecule has 1 rings (SSSR count). The van der Waals surface area contributed by atoms with Crippen molar-refractivity contribution >= 4 is 18.3 Å². The van der Waals surface area contributed by atoms with E-state index in [0.29, 0.717) is 0 Å². The van der Waals surface area contributed by atoms with Gasteiger partial charge < -0.3 is 4.72 Å². The molecule has 0 spiro atoms. The van der Waals surface area contributed by atoms with Crippen molar-refractivity contribution in [1.29, 1.82) is 0 Å². The van der Waals surface area contributed by atoms with Gasteiger partial charge in [0.05, 0.1) is 12.1 Å². The van der Waals surface area contributed by atoms with Crippen LogP contribution in [0.25, 0.3) is 0 Å². The highest BCUT2D eigenvalue weighted by Gasteiger charge is 1.87. The SMILES string of the molecule is CC1=CC=NSN1. The third-order valence-corrected chi connectivity index (χ3v) is 1.29. The molecule has 1 aliphatic rings. The first-order chi connectivity index (χ1) is 3.39. The van der Waals surface area contributed by atoms with Crippen LogP contribution < -0.4 is 4.72 Å². The van der Waals surface area contributed by atoms with E-state index in [1.54, 1.807) is 6.21 Å². The van der Waals surface area contributed by atoms with E-state index in [0.717, 1.165) is 5.70 Å². The van der Waals surface area contributed by atoms with Crippen molar-refractivity contribution in [1.82, 2.24) is 4.72 Å². The van der Waals surface area contributed by atoms with Crippen molar-refractivity contribution in [3.05, 3.63) is 11.8 Å². The maximum atomic E-state index is 3.83. The molecule has 0 unspecified atom stereocenters. The molecule has 0 amide bonds. The third kappa shape index (κ3) is 1.23. The quantitative estimate of drug-likeness (QED) is 0.477. The Balaban J connectivity index is 2.57. The Bertz CT molecular complexity index is 117. The standard InChI is InChI=1S/C4H6N2S/c1-4-2-3-5-7-6-4/h2-3,6H,1H3. The van der Waals surface area contributed by atoms with Gasteiger partial charge in [-0.05, 0) is 13.0 Å². The summed E-state index contributed by atoms with van der Waals surface area (Å²) >= 11 is 1.35. The first-order valence-corrected chi connectivity index (χ1v) is 2.79. The normalized spacial score (nSPS) is 18.1. The number of hydrogen-bond donors (Lipinski definition) is 1. The summed E-state index contributed by atoms with van der Waals surface area (Å²) in [6.07, 6.45) is 3.70. The lowest BCUT2D eigenvalue weighted by molar-refractivity contribution is 1.20. The van der Waals surface area contributed by atoms with Gasteiger partial charge in [0.25, 0.3) is 0 Å². The van der Waals surface area contributed by atoms with Crippen molar-refractivity contribution < 1.29 is 0 Å². The minimum Gasteiger partial charge on any atom is -0.315 e. The summed E-state index contributed by atoms with van der Waals surface area (Å²) in [7, 11) is 0. The smallest absolute Gasteiger partial charge is 0.0898 e. The summed E-state index contributed by atoms with van der Waals surface area (Å²) < 4.78 is 6.79. The Kier molecular flexibility index (Phi) is 1.36. The molecule has 0 aromatic rings. The molecule has 7 heavy (non-hydrogen) atoms. The fourth-order valence-electron chi connectivity index (χ4n) is 0.305. The van der Waals surface area contributed by atoms with Crippen molar-refractivity contribution in [3.8, 4) is 0 Å². The van der Waals surface area contributed by atoms with Gasteiger partial charge in [0.2, 0.25) is 0 Å². The predicted molar refractivity (Wildman–Crippen MR) is 33.0 cm³/mol. The van der Waals surface area contributed by atoms with Gasteiger partial charge in [0, 0.05) is 11.9 Å². The highest BCUT2D eigenvalue weighted by atomic mass is 32.2. The minimum absolute atomic E-state index is 1.15. The van der Waals surface area contributed by atoms with Gasteiger partial charge in [-0.1, -0.05) is 0 Å². The Labute approximate surface area is 47.0 Å². The van der Waals surface area contributed by atoms with Crippen LogP contribution in [0.3, 0.4) is 0 Å². The lowest BCUT2D eigenvalue weighted by Crippen LogP contribution is -2.00. The Morgan fingerprint density at radius 3 is 3.00 bits per heavy atom. The number of nitrogens with one attached hydrogen (secondary N) is 1. The lowest BCUT2D eigenvalue weighted by atomic mass is 10.5. The Morgan fingerprint density at radius 1 is 1.86 bits per heavy atom. The van der Waals surface area contributed by atoms with Crippen LogP contribution in [0.1, 0.15) is 6.92 Å². The summed E-state index contributed by atoms with van der Waals surface area (Å²) in [5.41, 5.74) is 1.15. The fraction of sp³-hybridized carbons (Fsp3) is 0.250. The minimum atomic E-state index is 1.15. The van der Waals surface area contributed by atoms with Crippen LogP contribution in [0.15, 0.2) is 16.2 Å². The van der Waals surface area contributed by atoms with Crippen LogP contribution in [0, 0.1) is 0 Å². The van der Waals surface area contributed by atoms with Crippen LogP contribution in [0.2, 0.25) is 0 Å². The molecule has 0 bridgehead atoms. The molecule has 3 heteroatoms. The van der Waals surface area contributed by atoms with Gasteiger partial charge in [-0.25, -0.2) is 4.40 Å². The summed E-state index contributed by atoms with van der Waals surface area (Å²) in [6, 6.07) is 0. The molecule has 2 nitrogen and oxygen atoms in total. The highest BCUT2D eigenvalue weighted by molar-refractivity contribution is 7.96. The van der Waals surface area contributed by atoms with Crippen molar-refractivity contribution in [2.45, 2.75) is 6.92 Å². The maximum absolute atomic E-state index is 3.83. The maximum Gasteiger partial charge on any atom is 0.0898 e. The number of nitrogens with zero attached hydrogens (tertiary/aromatic N) is 1. The van der Waals surface area contributed by atoms with Gasteiger partial charge in [0.15, 0.2) is 0 Å². The fourth-order valence-corrected chi connectivity index (χ4v) is 0.691. The number of allylic oxidation sites excluding steroid dienone is 2. The van der Waals surface area contributed by atoms with Gasteiger partial charge in [-0.3, -0.25) is 0 Å². The van der Waals surface area contributed by atoms with Crippen LogP contribution >= 0.6 is 12.1 Å². The first-order valence-electron chi connectivity index (χ1n) is 2.02. The number of rotatable bonds is 0. The van der Waals surface area contributed by atoms with Gasteiger partial charge in [-0.2, -0.15) is 0 Å². The van der Waals surface area contributed by atoms with E-state index in [9.17, 15) is 0 Å². The molecule has 1 aliphatic heterocycles. The van der Waals surface area contributed by atoms with Crippen LogP contribution in [0.5, 0.6) is 0 Å². The summed E-state index contributed by atoms with van der Waals surface area (Å²) in [5, 5.41) is 0. The zero-order valence-electron chi connectivity index (χ0n) is 4.01. The molecule has 0 radical (unpaired) electrons. The largest absolute Gasteiger partial charge is 0.315 e. The molecular formula is C4H6N2S. The van der Waals surface area contributed by atoms with E-state index in [1.165, 1.54) is 12.1 Å². The van der Waals surface area contributed by atoms with E-state index in [1.807, 2.05) is 13.0 Å². The molecule has 1 N–H and O–H groups in total. The molecular weight excluding hydrogens is 108 g/mol. The van der Waals surface area contributed by atoms with Gasteiger partial charge in [-0.15, -0.1) is 0 Å². The van der Waals surface area contributed by atoms with Gasteiger partial charge in [0.1, 0.15) is 0 Å². The molecule has 1 heterocycles. The third-order valence-electron chi connectivity index (χ3n) is 0.645. The Morgan fingerprint density at radius 2 is 2.71 bits per heavy atom. The molecule has 0 aromatic heterocycles. The van der Waals surface area contributed by atoms with Crippen molar-refractivity contribution in [2.75, 3.05) is 0 Å². The second-order valence-corrected chi connectivity index (χ2v) is 1.90. The lowest BCUT2D eigenvalue weighted by Gasteiger charge is -2.01. The van der Waals surface area contributed by atoms with Crippen LogP contribution in [0.4, 0.5) is 0 Å². The zero-order chi connectivity index (χ0) is 5.11. The van der Waals surface area contributed by atoms with Crippen molar-refractivity contribution in [3.63, 3.8) is 0 Å². The first kappa shape index (κ1) is 4.71. The van der Waals surface area contributed by atoms with Crippen LogP contribution in [-0.2, 0) is 0 Å². The van der Waals surface area contributed by atoms with E-state index >= 15 is 0 Å². The molecule has 0 atom stereocenters. The molecule has 0 fully saturated rings. The molecule has 0 saturated carbocycles. The van der Waals surface area contributed by atoms with E-state index < -0.39 is 0 Å². The summed E-state index contributed by atoms with van der Waals surface area (Å²) in [4.78, 5) is 0.